The molecule has 1 amide bonds. The van der Waals surface area contributed by atoms with Gasteiger partial charge in [-0.2, -0.15) is 0 Å². The molecule has 2 N–H and O–H groups in total. The van der Waals surface area contributed by atoms with Gasteiger partial charge >= 0.3 is 5.97 Å². The summed E-state index contributed by atoms with van der Waals surface area (Å²) >= 11 is 0. The van der Waals surface area contributed by atoms with Crippen LogP contribution in [0.1, 0.15) is 11.1 Å². The molecule has 3 rings (SSSR count). The molecular weight excluding hydrogens is 272 g/mol. The predicted octanol–water partition coefficient (Wildman–Crippen LogP) is 0.0129. The van der Waals surface area contributed by atoms with Crippen molar-refractivity contribution in [2.24, 2.45) is 0 Å². The fraction of sp³-hybridized carbons (Fsp3) is 0.467. The predicted molar refractivity (Wildman–Crippen MR) is 74.7 cm³/mol. The van der Waals surface area contributed by atoms with E-state index in [2.05, 4.69) is 5.32 Å². The molecule has 1 saturated heterocycles. The highest BCUT2D eigenvalue weighted by molar-refractivity contribution is 5.87. The zero-order valence-electron chi connectivity index (χ0n) is 11.6. The Labute approximate surface area is 122 Å². The van der Waals surface area contributed by atoms with Crippen molar-refractivity contribution >= 4 is 11.9 Å². The lowest BCUT2D eigenvalue weighted by Crippen LogP contribution is -2.55. The highest BCUT2D eigenvalue weighted by Gasteiger charge is 2.38. The third-order valence-corrected chi connectivity index (χ3v) is 4.02. The second-order valence-electron chi connectivity index (χ2n) is 5.36. The van der Waals surface area contributed by atoms with Gasteiger partial charge in [0.25, 0.3) is 5.91 Å². The van der Waals surface area contributed by atoms with Gasteiger partial charge in [-0.3, -0.25) is 4.79 Å². The van der Waals surface area contributed by atoms with Crippen LogP contribution in [0.3, 0.4) is 0 Å². The lowest BCUT2D eigenvalue weighted by molar-refractivity contribution is -0.158. The van der Waals surface area contributed by atoms with Crippen molar-refractivity contribution < 1.29 is 19.4 Å². The molecule has 112 valence electrons. The summed E-state index contributed by atoms with van der Waals surface area (Å²) in [5.41, 5.74) is 2.00. The summed E-state index contributed by atoms with van der Waals surface area (Å²) in [5.74, 6) is -1.22. The first-order valence-electron chi connectivity index (χ1n) is 7.09. The summed E-state index contributed by atoms with van der Waals surface area (Å²) in [4.78, 5) is 25.5. The number of ether oxygens (including phenoxy) is 1. The van der Waals surface area contributed by atoms with Gasteiger partial charge in [-0.15, -0.1) is 0 Å². The molecule has 0 aromatic heterocycles. The maximum atomic E-state index is 12.6. The molecule has 0 bridgehead atoms. The van der Waals surface area contributed by atoms with E-state index >= 15 is 0 Å². The van der Waals surface area contributed by atoms with Gasteiger partial charge in [0.1, 0.15) is 12.1 Å². The van der Waals surface area contributed by atoms with E-state index in [0.717, 1.165) is 17.7 Å². The third-order valence-electron chi connectivity index (χ3n) is 4.02. The van der Waals surface area contributed by atoms with Gasteiger partial charge in [-0.1, -0.05) is 24.3 Å². The first kappa shape index (κ1) is 14.0. The number of carboxylic acids is 1. The van der Waals surface area contributed by atoms with E-state index in [1.165, 1.54) is 4.90 Å². The monoisotopic (exact) mass is 290 g/mol. The Bertz CT molecular complexity index is 554. The molecule has 0 radical (unpaired) electrons. The number of aliphatic carboxylic acids is 1. The molecule has 6 nitrogen and oxygen atoms in total. The number of carbonyl (C=O) groups excluding carboxylic acids is 1. The standard InChI is InChI=1S/C15H18N2O4/c18-14(13-8-16-5-6-21-13)17-9-11-4-2-1-3-10(11)7-12(17)15(19)20/h1-4,12-13,16H,5-9H2,(H,19,20)/t12-,13?/m0/s1. The van der Waals surface area contributed by atoms with E-state index in [4.69, 9.17) is 4.74 Å². The second kappa shape index (κ2) is 5.83. The zero-order valence-corrected chi connectivity index (χ0v) is 11.6. The number of carbonyl (C=O) groups is 2. The van der Waals surface area contributed by atoms with E-state index < -0.39 is 18.1 Å². The van der Waals surface area contributed by atoms with E-state index in [1.54, 1.807) is 0 Å². The van der Waals surface area contributed by atoms with Gasteiger partial charge in [0.05, 0.1) is 6.61 Å². The number of carboxylic acid groups (broad SMARTS) is 1. The Morgan fingerprint density at radius 2 is 2.05 bits per heavy atom. The van der Waals surface area contributed by atoms with Crippen molar-refractivity contribution in [1.82, 2.24) is 10.2 Å². The van der Waals surface area contributed by atoms with Crippen LogP contribution in [0.25, 0.3) is 0 Å². The number of hydrogen-bond acceptors (Lipinski definition) is 4. The largest absolute Gasteiger partial charge is 0.480 e. The summed E-state index contributed by atoms with van der Waals surface area (Å²) in [6, 6.07) is 6.84. The minimum absolute atomic E-state index is 0.246. The summed E-state index contributed by atoms with van der Waals surface area (Å²) in [6.45, 7) is 1.95. The summed E-state index contributed by atoms with van der Waals surface area (Å²) in [7, 11) is 0. The topological polar surface area (TPSA) is 78.9 Å². The van der Waals surface area contributed by atoms with E-state index in [0.29, 0.717) is 26.1 Å². The van der Waals surface area contributed by atoms with E-state index in [1.807, 2.05) is 24.3 Å². The first-order chi connectivity index (χ1) is 10.2. The van der Waals surface area contributed by atoms with Crippen LogP contribution < -0.4 is 5.32 Å². The highest BCUT2D eigenvalue weighted by atomic mass is 16.5. The maximum absolute atomic E-state index is 12.6. The van der Waals surface area contributed by atoms with Crippen LogP contribution in [0.5, 0.6) is 0 Å². The molecule has 1 aromatic carbocycles. The van der Waals surface area contributed by atoms with Crippen LogP contribution in [0.15, 0.2) is 24.3 Å². The number of rotatable bonds is 2. The molecule has 0 aliphatic carbocycles. The van der Waals surface area contributed by atoms with Crippen LogP contribution in [0, 0.1) is 0 Å². The number of fused-ring (bicyclic) bond motifs is 1. The second-order valence-corrected chi connectivity index (χ2v) is 5.36. The Morgan fingerprint density at radius 3 is 2.71 bits per heavy atom. The molecule has 6 heteroatoms. The molecule has 2 aliphatic rings. The Kier molecular flexibility index (Phi) is 3.90. The summed E-state index contributed by atoms with van der Waals surface area (Å²) in [6.07, 6.45) is -0.247. The molecule has 1 unspecified atom stereocenters. The van der Waals surface area contributed by atoms with Crippen LogP contribution in [0.4, 0.5) is 0 Å². The molecule has 2 atom stereocenters. The van der Waals surface area contributed by atoms with Gasteiger partial charge in [0.2, 0.25) is 0 Å². The van der Waals surface area contributed by atoms with Crippen molar-refractivity contribution in [3.05, 3.63) is 35.4 Å². The Hall–Kier alpha value is -1.92. The van der Waals surface area contributed by atoms with E-state index in [9.17, 15) is 14.7 Å². The molecule has 0 spiro atoms. The minimum atomic E-state index is -0.971. The lowest BCUT2D eigenvalue weighted by atomic mass is 9.93. The van der Waals surface area contributed by atoms with Crippen LogP contribution in [-0.2, 0) is 27.3 Å². The van der Waals surface area contributed by atoms with Crippen molar-refractivity contribution in [3.63, 3.8) is 0 Å². The van der Waals surface area contributed by atoms with Crippen molar-refractivity contribution in [2.75, 3.05) is 19.7 Å². The number of morpholine rings is 1. The average molecular weight is 290 g/mol. The van der Waals surface area contributed by atoms with Gasteiger partial charge in [0.15, 0.2) is 0 Å². The van der Waals surface area contributed by atoms with Crippen LogP contribution >= 0.6 is 0 Å². The number of nitrogens with one attached hydrogen (secondary N) is 1. The summed E-state index contributed by atoms with van der Waals surface area (Å²) in [5, 5.41) is 12.5. The van der Waals surface area contributed by atoms with Gasteiger partial charge in [-0.05, 0) is 11.1 Å². The fourth-order valence-electron chi connectivity index (χ4n) is 2.88. The Morgan fingerprint density at radius 1 is 1.29 bits per heavy atom. The molecule has 2 aliphatic heterocycles. The summed E-state index contributed by atoms with van der Waals surface area (Å²) < 4.78 is 5.46. The normalized spacial score (nSPS) is 25.2. The van der Waals surface area contributed by atoms with Crippen LogP contribution in [0.2, 0.25) is 0 Å². The molecule has 1 fully saturated rings. The quantitative estimate of drug-likeness (QED) is 0.802. The smallest absolute Gasteiger partial charge is 0.326 e. The van der Waals surface area contributed by atoms with Gasteiger partial charge in [-0.25, -0.2) is 4.79 Å². The highest BCUT2D eigenvalue weighted by Crippen LogP contribution is 2.24. The van der Waals surface area contributed by atoms with Crippen molar-refractivity contribution in [1.29, 1.82) is 0 Å². The fourth-order valence-corrected chi connectivity index (χ4v) is 2.88. The van der Waals surface area contributed by atoms with Crippen LogP contribution in [-0.4, -0.2) is 53.7 Å². The number of benzene rings is 1. The molecule has 21 heavy (non-hydrogen) atoms. The molecule has 2 heterocycles. The number of hydrogen-bond donors (Lipinski definition) is 2. The average Bonchev–Trinajstić information content (AvgIpc) is 2.53. The van der Waals surface area contributed by atoms with Crippen molar-refractivity contribution in [2.45, 2.75) is 25.1 Å². The van der Waals surface area contributed by atoms with Gasteiger partial charge in [0, 0.05) is 26.1 Å². The first-order valence-corrected chi connectivity index (χ1v) is 7.09. The third kappa shape index (κ3) is 2.77. The van der Waals surface area contributed by atoms with Crippen molar-refractivity contribution in [3.8, 4) is 0 Å². The Balaban J connectivity index is 1.85. The van der Waals surface area contributed by atoms with Gasteiger partial charge < -0.3 is 20.1 Å². The molecular formula is C15H18N2O4. The van der Waals surface area contributed by atoms with E-state index in [-0.39, 0.29) is 5.91 Å². The molecule has 1 aromatic rings. The molecule has 0 saturated carbocycles. The SMILES string of the molecule is O=C(O)[C@@H]1Cc2ccccc2CN1C(=O)C1CNCCO1. The lowest BCUT2D eigenvalue weighted by Gasteiger charge is -2.37. The number of nitrogens with zero attached hydrogens (tertiary/aromatic N) is 1. The maximum Gasteiger partial charge on any atom is 0.326 e. The minimum Gasteiger partial charge on any atom is -0.480 e. The number of amides is 1. The zero-order chi connectivity index (χ0) is 14.8.